The summed E-state index contributed by atoms with van der Waals surface area (Å²) in [5.41, 5.74) is 7.38. The number of carbonyl (C=O) groups excluding carboxylic acids is 1. The van der Waals surface area contributed by atoms with Crippen molar-refractivity contribution in [3.63, 3.8) is 0 Å². The second kappa shape index (κ2) is 2.55. The molecule has 1 aromatic heterocycles. The molecular weight excluding hydrogens is 154 g/mol. The first-order chi connectivity index (χ1) is 5.77. The summed E-state index contributed by atoms with van der Waals surface area (Å²) < 4.78 is 0. The van der Waals surface area contributed by atoms with Crippen LogP contribution in [0.5, 0.6) is 0 Å². The SMILES string of the molecule is Nc1ncnc2c1CCC(=O)C2. The second-order valence-electron chi connectivity index (χ2n) is 2.90. The lowest BCUT2D eigenvalue weighted by Gasteiger charge is -2.13. The van der Waals surface area contributed by atoms with E-state index in [9.17, 15) is 4.79 Å². The average Bonchev–Trinajstić information content (AvgIpc) is 2.04. The van der Waals surface area contributed by atoms with Gasteiger partial charge in [-0.15, -0.1) is 0 Å². The maximum Gasteiger partial charge on any atom is 0.139 e. The molecule has 12 heavy (non-hydrogen) atoms. The van der Waals surface area contributed by atoms with Gasteiger partial charge in [0.25, 0.3) is 0 Å². The maximum atomic E-state index is 11.0. The van der Waals surface area contributed by atoms with Crippen molar-refractivity contribution in [3.8, 4) is 0 Å². The van der Waals surface area contributed by atoms with Gasteiger partial charge in [-0.3, -0.25) is 4.79 Å². The van der Waals surface area contributed by atoms with Gasteiger partial charge >= 0.3 is 0 Å². The molecule has 1 aliphatic carbocycles. The van der Waals surface area contributed by atoms with Gasteiger partial charge in [0.15, 0.2) is 0 Å². The Morgan fingerprint density at radius 2 is 2.17 bits per heavy atom. The summed E-state index contributed by atoms with van der Waals surface area (Å²) in [5.74, 6) is 0.758. The molecule has 2 N–H and O–H groups in total. The Morgan fingerprint density at radius 1 is 1.33 bits per heavy atom. The van der Waals surface area contributed by atoms with Gasteiger partial charge in [0.05, 0.1) is 5.69 Å². The number of nitrogens with two attached hydrogens (primary N) is 1. The zero-order chi connectivity index (χ0) is 8.55. The van der Waals surface area contributed by atoms with E-state index in [0.29, 0.717) is 25.1 Å². The van der Waals surface area contributed by atoms with Crippen molar-refractivity contribution >= 4 is 11.6 Å². The Labute approximate surface area is 69.8 Å². The van der Waals surface area contributed by atoms with Crippen molar-refractivity contribution in [2.75, 3.05) is 5.73 Å². The van der Waals surface area contributed by atoms with Crippen LogP contribution in [0.2, 0.25) is 0 Å². The standard InChI is InChI=1S/C8H9N3O/c9-8-6-2-1-5(12)3-7(6)10-4-11-8/h4H,1-3H2,(H2,9,10,11). The van der Waals surface area contributed by atoms with E-state index in [-0.39, 0.29) is 5.78 Å². The van der Waals surface area contributed by atoms with Crippen molar-refractivity contribution in [2.45, 2.75) is 19.3 Å². The molecule has 0 radical (unpaired) electrons. The lowest BCUT2D eigenvalue weighted by Crippen LogP contribution is -2.17. The number of hydrogen-bond donors (Lipinski definition) is 1. The number of carbonyl (C=O) groups is 1. The van der Waals surface area contributed by atoms with Crippen LogP contribution in [0.25, 0.3) is 0 Å². The minimum atomic E-state index is 0.237. The summed E-state index contributed by atoms with van der Waals surface area (Å²) in [7, 11) is 0. The summed E-state index contributed by atoms with van der Waals surface area (Å²) in [6.45, 7) is 0. The number of Topliss-reactive ketones (excluding diaryl/α,β-unsaturated/α-hetero) is 1. The van der Waals surface area contributed by atoms with Crippen molar-refractivity contribution in [1.82, 2.24) is 9.97 Å². The molecule has 62 valence electrons. The van der Waals surface area contributed by atoms with E-state index in [4.69, 9.17) is 5.73 Å². The van der Waals surface area contributed by atoms with E-state index in [1.807, 2.05) is 0 Å². The van der Waals surface area contributed by atoms with Crippen LogP contribution in [0, 0.1) is 0 Å². The molecule has 0 atom stereocenters. The molecule has 0 fully saturated rings. The van der Waals surface area contributed by atoms with Gasteiger partial charge in [-0.1, -0.05) is 0 Å². The number of rotatable bonds is 0. The maximum absolute atomic E-state index is 11.0. The van der Waals surface area contributed by atoms with E-state index < -0.39 is 0 Å². The highest BCUT2D eigenvalue weighted by Crippen LogP contribution is 2.20. The number of ketones is 1. The molecule has 1 aliphatic rings. The molecule has 4 heteroatoms. The molecule has 0 unspecified atom stereocenters. The van der Waals surface area contributed by atoms with Crippen molar-refractivity contribution in [2.24, 2.45) is 0 Å². The first kappa shape index (κ1) is 7.21. The van der Waals surface area contributed by atoms with Crippen LogP contribution in [0.1, 0.15) is 17.7 Å². The van der Waals surface area contributed by atoms with Crippen LogP contribution in [-0.2, 0) is 17.6 Å². The van der Waals surface area contributed by atoms with Crippen molar-refractivity contribution in [1.29, 1.82) is 0 Å². The van der Waals surface area contributed by atoms with Crippen LogP contribution in [0.4, 0.5) is 5.82 Å². The number of fused-ring (bicyclic) bond motifs is 1. The predicted octanol–water partition coefficient (Wildman–Crippen LogP) is 0.117. The Bertz CT molecular complexity index is 335. The van der Waals surface area contributed by atoms with E-state index >= 15 is 0 Å². The smallest absolute Gasteiger partial charge is 0.139 e. The van der Waals surface area contributed by atoms with Crippen LogP contribution < -0.4 is 5.73 Å². The fourth-order valence-electron chi connectivity index (χ4n) is 1.43. The topological polar surface area (TPSA) is 68.9 Å². The van der Waals surface area contributed by atoms with Gasteiger partial charge in [0, 0.05) is 18.4 Å². The lowest BCUT2D eigenvalue weighted by atomic mass is 9.95. The molecule has 1 aromatic rings. The average molecular weight is 163 g/mol. The molecule has 0 spiro atoms. The van der Waals surface area contributed by atoms with Crippen LogP contribution >= 0.6 is 0 Å². The lowest BCUT2D eigenvalue weighted by molar-refractivity contribution is -0.118. The summed E-state index contributed by atoms with van der Waals surface area (Å²) in [5, 5.41) is 0. The third-order valence-electron chi connectivity index (χ3n) is 2.09. The van der Waals surface area contributed by atoms with Gasteiger partial charge < -0.3 is 5.73 Å². The Morgan fingerprint density at radius 3 is 3.00 bits per heavy atom. The quantitative estimate of drug-likeness (QED) is 0.589. The normalized spacial score (nSPS) is 15.8. The van der Waals surface area contributed by atoms with Gasteiger partial charge in [-0.25, -0.2) is 9.97 Å². The predicted molar refractivity (Wildman–Crippen MR) is 43.5 cm³/mol. The summed E-state index contributed by atoms with van der Waals surface area (Å²) >= 11 is 0. The number of nitrogen functional groups attached to an aromatic ring is 1. The molecular formula is C8H9N3O. The third kappa shape index (κ3) is 1.05. The molecule has 1 heterocycles. The molecule has 0 saturated carbocycles. The number of aromatic nitrogens is 2. The van der Waals surface area contributed by atoms with Gasteiger partial charge in [0.2, 0.25) is 0 Å². The summed E-state index contributed by atoms with van der Waals surface area (Å²) in [6, 6.07) is 0. The van der Waals surface area contributed by atoms with E-state index in [1.54, 1.807) is 0 Å². The first-order valence-electron chi connectivity index (χ1n) is 3.87. The van der Waals surface area contributed by atoms with Crippen molar-refractivity contribution in [3.05, 3.63) is 17.6 Å². The van der Waals surface area contributed by atoms with Gasteiger partial charge in [0.1, 0.15) is 17.9 Å². The summed E-state index contributed by atoms with van der Waals surface area (Å²) in [6.07, 6.45) is 3.10. The number of hydrogen-bond acceptors (Lipinski definition) is 4. The van der Waals surface area contributed by atoms with Crippen LogP contribution in [0.3, 0.4) is 0 Å². The molecule has 0 aromatic carbocycles. The van der Waals surface area contributed by atoms with Crippen LogP contribution in [-0.4, -0.2) is 15.8 Å². The first-order valence-corrected chi connectivity index (χ1v) is 3.87. The van der Waals surface area contributed by atoms with Gasteiger partial charge in [-0.2, -0.15) is 0 Å². The third-order valence-corrected chi connectivity index (χ3v) is 2.09. The minimum Gasteiger partial charge on any atom is -0.383 e. The monoisotopic (exact) mass is 163 g/mol. The van der Waals surface area contributed by atoms with E-state index in [1.165, 1.54) is 6.33 Å². The zero-order valence-corrected chi connectivity index (χ0v) is 6.58. The highest BCUT2D eigenvalue weighted by Gasteiger charge is 2.18. The molecule has 0 bridgehead atoms. The van der Waals surface area contributed by atoms with Crippen LogP contribution in [0.15, 0.2) is 6.33 Å². The largest absolute Gasteiger partial charge is 0.383 e. The number of anilines is 1. The molecule has 4 nitrogen and oxygen atoms in total. The zero-order valence-electron chi connectivity index (χ0n) is 6.58. The number of nitrogens with zero attached hydrogens (tertiary/aromatic N) is 2. The molecule has 0 saturated heterocycles. The van der Waals surface area contributed by atoms with E-state index in [2.05, 4.69) is 9.97 Å². The molecule has 0 aliphatic heterocycles. The fourth-order valence-corrected chi connectivity index (χ4v) is 1.43. The molecule has 2 rings (SSSR count). The van der Waals surface area contributed by atoms with Crippen molar-refractivity contribution < 1.29 is 4.79 Å². The van der Waals surface area contributed by atoms with Gasteiger partial charge in [-0.05, 0) is 6.42 Å². The second-order valence-corrected chi connectivity index (χ2v) is 2.90. The fraction of sp³-hybridized carbons (Fsp3) is 0.375. The Kier molecular flexibility index (Phi) is 1.53. The Balaban J connectivity index is 2.48. The summed E-state index contributed by atoms with van der Waals surface area (Å²) in [4.78, 5) is 18.9. The molecule has 0 amide bonds. The Hall–Kier alpha value is -1.45. The minimum absolute atomic E-state index is 0.237. The highest BCUT2D eigenvalue weighted by atomic mass is 16.1. The van der Waals surface area contributed by atoms with E-state index in [0.717, 1.165) is 11.3 Å². The highest BCUT2D eigenvalue weighted by molar-refractivity contribution is 5.83.